The van der Waals surface area contributed by atoms with E-state index < -0.39 is 0 Å². The fourth-order valence-electron chi connectivity index (χ4n) is 2.08. The lowest BCUT2D eigenvalue weighted by molar-refractivity contribution is 0.0289. The minimum Gasteiger partial charge on any atom is -0.496 e. The summed E-state index contributed by atoms with van der Waals surface area (Å²) in [5.41, 5.74) is 1.12. The predicted molar refractivity (Wildman–Crippen MR) is 73.6 cm³/mol. The van der Waals surface area contributed by atoms with Gasteiger partial charge in [0.2, 0.25) is 0 Å². The van der Waals surface area contributed by atoms with Crippen LogP contribution in [-0.4, -0.2) is 40.0 Å². The van der Waals surface area contributed by atoms with Crippen molar-refractivity contribution in [1.29, 1.82) is 0 Å². The molecular weight excluding hydrogens is 298 g/mol. The number of rotatable bonds is 4. The summed E-state index contributed by atoms with van der Waals surface area (Å²) in [4.78, 5) is 0. The first-order valence-electron chi connectivity index (χ1n) is 5.97. The Morgan fingerprint density at radius 3 is 2.72 bits per heavy atom. The van der Waals surface area contributed by atoms with E-state index in [0.29, 0.717) is 0 Å². The van der Waals surface area contributed by atoms with Gasteiger partial charge in [0.05, 0.1) is 31.4 Å². The van der Waals surface area contributed by atoms with Crippen molar-refractivity contribution in [3.05, 3.63) is 22.2 Å². The van der Waals surface area contributed by atoms with Crippen LogP contribution in [0.15, 0.2) is 16.6 Å². The van der Waals surface area contributed by atoms with E-state index in [9.17, 15) is 0 Å². The summed E-state index contributed by atoms with van der Waals surface area (Å²) < 4.78 is 17.3. The molecule has 4 nitrogen and oxygen atoms in total. The van der Waals surface area contributed by atoms with Crippen LogP contribution in [0.25, 0.3) is 0 Å². The number of benzene rings is 1. The lowest BCUT2D eigenvalue weighted by atomic mass is 10.1. The molecule has 1 aromatic carbocycles. The molecule has 0 saturated carbocycles. The van der Waals surface area contributed by atoms with Crippen molar-refractivity contribution >= 4 is 15.9 Å². The molecule has 0 spiro atoms. The highest BCUT2D eigenvalue weighted by molar-refractivity contribution is 9.10. The van der Waals surface area contributed by atoms with E-state index in [4.69, 9.17) is 14.2 Å². The zero-order valence-corrected chi connectivity index (χ0v) is 12.2. The second-order valence-corrected chi connectivity index (χ2v) is 5.05. The Bertz CT molecular complexity index is 405. The van der Waals surface area contributed by atoms with Gasteiger partial charge in [0.25, 0.3) is 0 Å². The minimum atomic E-state index is 0.202. The highest BCUT2D eigenvalue weighted by Crippen LogP contribution is 2.33. The number of nitrogens with one attached hydrogen (secondary N) is 1. The Hall–Kier alpha value is -0.780. The van der Waals surface area contributed by atoms with Gasteiger partial charge in [-0.1, -0.05) is 0 Å². The number of methoxy groups -OCH3 is 2. The Balaban J connectivity index is 2.17. The van der Waals surface area contributed by atoms with Crippen molar-refractivity contribution in [2.45, 2.75) is 12.5 Å². The summed E-state index contributed by atoms with van der Waals surface area (Å²) in [7, 11) is 3.32. The average Bonchev–Trinajstić information content (AvgIpc) is 2.40. The van der Waals surface area contributed by atoms with Gasteiger partial charge >= 0.3 is 0 Å². The van der Waals surface area contributed by atoms with Crippen LogP contribution >= 0.6 is 15.9 Å². The maximum Gasteiger partial charge on any atom is 0.136 e. The Morgan fingerprint density at radius 1 is 1.33 bits per heavy atom. The molecule has 0 aromatic heterocycles. The molecule has 1 N–H and O–H groups in total. The SMILES string of the molecule is COc1cc(OC)c(CC2CNCCO2)cc1Br. The first kappa shape index (κ1) is 13.6. The third-order valence-corrected chi connectivity index (χ3v) is 3.63. The fourth-order valence-corrected chi connectivity index (χ4v) is 2.63. The predicted octanol–water partition coefficient (Wildman–Crippen LogP) is 2.00. The van der Waals surface area contributed by atoms with Gasteiger partial charge in [-0.3, -0.25) is 0 Å². The van der Waals surface area contributed by atoms with E-state index in [2.05, 4.69) is 21.2 Å². The van der Waals surface area contributed by atoms with Crippen LogP contribution in [0.2, 0.25) is 0 Å². The molecule has 18 heavy (non-hydrogen) atoms. The summed E-state index contributed by atoms with van der Waals surface area (Å²) in [6.45, 7) is 2.58. The van der Waals surface area contributed by atoms with Crippen molar-refractivity contribution in [3.63, 3.8) is 0 Å². The Kier molecular flexibility index (Phi) is 4.86. The first-order valence-corrected chi connectivity index (χ1v) is 6.76. The minimum absolute atomic E-state index is 0.202. The van der Waals surface area contributed by atoms with Crippen molar-refractivity contribution in [3.8, 4) is 11.5 Å². The Labute approximate surface area is 116 Å². The van der Waals surface area contributed by atoms with Crippen LogP contribution in [0.5, 0.6) is 11.5 Å². The zero-order valence-electron chi connectivity index (χ0n) is 10.7. The summed E-state index contributed by atoms with van der Waals surface area (Å²) in [6, 6.07) is 3.94. The van der Waals surface area contributed by atoms with Crippen molar-refractivity contribution < 1.29 is 14.2 Å². The molecule has 1 aliphatic heterocycles. The number of halogens is 1. The maximum atomic E-state index is 5.71. The van der Waals surface area contributed by atoms with Gasteiger partial charge in [-0.2, -0.15) is 0 Å². The third kappa shape index (κ3) is 3.16. The molecular formula is C13H18BrNO3. The van der Waals surface area contributed by atoms with E-state index in [0.717, 1.165) is 47.7 Å². The van der Waals surface area contributed by atoms with Crippen LogP contribution in [-0.2, 0) is 11.2 Å². The fraction of sp³-hybridized carbons (Fsp3) is 0.538. The summed E-state index contributed by atoms with van der Waals surface area (Å²) in [6.07, 6.45) is 1.03. The van der Waals surface area contributed by atoms with Crippen molar-refractivity contribution in [2.24, 2.45) is 0 Å². The molecule has 1 aromatic rings. The van der Waals surface area contributed by atoms with E-state index in [1.165, 1.54) is 0 Å². The van der Waals surface area contributed by atoms with Crippen LogP contribution in [0, 0.1) is 0 Å². The second-order valence-electron chi connectivity index (χ2n) is 4.20. The normalized spacial score (nSPS) is 19.6. The van der Waals surface area contributed by atoms with Gasteiger partial charge in [0.15, 0.2) is 0 Å². The molecule has 100 valence electrons. The molecule has 1 unspecified atom stereocenters. The molecule has 1 saturated heterocycles. The molecule has 1 aliphatic rings. The highest BCUT2D eigenvalue weighted by atomic mass is 79.9. The van der Waals surface area contributed by atoms with Crippen LogP contribution in [0.4, 0.5) is 0 Å². The molecule has 0 radical (unpaired) electrons. The molecule has 0 bridgehead atoms. The number of ether oxygens (including phenoxy) is 3. The number of hydrogen-bond acceptors (Lipinski definition) is 4. The summed E-state index contributed by atoms with van der Waals surface area (Å²) in [5.74, 6) is 1.61. The van der Waals surface area contributed by atoms with Crippen LogP contribution in [0.3, 0.4) is 0 Å². The third-order valence-electron chi connectivity index (χ3n) is 3.01. The molecule has 5 heteroatoms. The van der Waals surface area contributed by atoms with Gasteiger partial charge < -0.3 is 19.5 Å². The topological polar surface area (TPSA) is 39.7 Å². The molecule has 0 amide bonds. The van der Waals surface area contributed by atoms with Crippen LogP contribution < -0.4 is 14.8 Å². The zero-order chi connectivity index (χ0) is 13.0. The quantitative estimate of drug-likeness (QED) is 0.922. The molecule has 2 rings (SSSR count). The average molecular weight is 316 g/mol. The van der Waals surface area contributed by atoms with E-state index >= 15 is 0 Å². The lowest BCUT2D eigenvalue weighted by Gasteiger charge is -2.24. The standard InChI is InChI=1S/C13H18BrNO3/c1-16-12-7-13(17-2)11(14)6-9(12)5-10-8-15-3-4-18-10/h6-7,10,15H,3-5,8H2,1-2H3. The second kappa shape index (κ2) is 6.41. The molecule has 1 atom stereocenters. The molecule has 1 heterocycles. The number of hydrogen-bond donors (Lipinski definition) is 1. The first-order chi connectivity index (χ1) is 8.74. The van der Waals surface area contributed by atoms with Gasteiger partial charge in [-0.05, 0) is 27.6 Å². The monoisotopic (exact) mass is 315 g/mol. The van der Waals surface area contributed by atoms with Gasteiger partial charge in [0, 0.05) is 25.6 Å². The van der Waals surface area contributed by atoms with Crippen LogP contribution in [0.1, 0.15) is 5.56 Å². The maximum absolute atomic E-state index is 5.71. The lowest BCUT2D eigenvalue weighted by Crippen LogP contribution is -2.39. The highest BCUT2D eigenvalue weighted by Gasteiger charge is 2.17. The smallest absolute Gasteiger partial charge is 0.136 e. The van der Waals surface area contributed by atoms with E-state index in [-0.39, 0.29) is 6.10 Å². The van der Waals surface area contributed by atoms with Gasteiger partial charge in [-0.15, -0.1) is 0 Å². The van der Waals surface area contributed by atoms with E-state index in [1.807, 2.05) is 12.1 Å². The van der Waals surface area contributed by atoms with Crippen molar-refractivity contribution in [1.82, 2.24) is 5.32 Å². The molecule has 1 fully saturated rings. The van der Waals surface area contributed by atoms with E-state index in [1.54, 1.807) is 14.2 Å². The summed E-state index contributed by atoms with van der Waals surface area (Å²) >= 11 is 3.50. The number of morpholine rings is 1. The Morgan fingerprint density at radius 2 is 2.11 bits per heavy atom. The largest absolute Gasteiger partial charge is 0.496 e. The van der Waals surface area contributed by atoms with Gasteiger partial charge in [-0.25, -0.2) is 0 Å². The summed E-state index contributed by atoms with van der Waals surface area (Å²) in [5, 5.41) is 3.33. The van der Waals surface area contributed by atoms with Crippen molar-refractivity contribution in [2.75, 3.05) is 33.9 Å². The molecule has 0 aliphatic carbocycles. The van der Waals surface area contributed by atoms with Gasteiger partial charge in [0.1, 0.15) is 11.5 Å².